The summed E-state index contributed by atoms with van der Waals surface area (Å²) in [6.45, 7) is 22.5. The SMILES string of the molecule is CC[C@H](C)[C@H](NN[C@H](C)C(N)=O)C(=O)C(=O)[C@H](C)NC(=O)C(C)NC(=O)[C@]1(C)CCC/C=C/CCCCCC[C@@](C)(NC(=O)[C@H](Cc2ccccc2)NC(=O)[C@@H](NC(=O)[C@H](CC(C)C)NC(C)=O)[C@@H](C)O)C(=O)NC(C)C(=O)N[C@@H](Cc2ccc(O)cc2)C(=O)N[C@@H](Cc2c[nH]c3ccccc23)C(=O)NC(C)C(=O)C(=O)[C@H](CCC(N)=O)NC[C@@H](CC(C)C)C(=O)N1. The first-order valence-corrected chi connectivity index (χ1v) is 43.8. The number of Topliss-reactive ketones (excluding diaryl/α,β-unsaturated/α-hetero) is 4. The Hall–Kier alpha value is -11.6. The lowest BCUT2D eigenvalue weighted by Crippen LogP contribution is -2.64. The van der Waals surface area contributed by atoms with Crippen LogP contribution in [0.1, 0.15) is 210 Å². The van der Waals surface area contributed by atoms with E-state index >= 15 is 24.0 Å². The number of aromatic nitrogens is 1. The molecular formula is C91H135N17O19. The molecule has 0 fully saturated rings. The van der Waals surface area contributed by atoms with Crippen molar-refractivity contribution in [3.8, 4) is 5.75 Å². The fraction of sp³-hybridized carbons (Fsp3) is 0.571. The number of primary amides is 2. The van der Waals surface area contributed by atoms with Crippen LogP contribution >= 0.6 is 0 Å². The minimum Gasteiger partial charge on any atom is -0.508 e. The van der Waals surface area contributed by atoms with Gasteiger partial charge in [0.15, 0.2) is 0 Å². The number of amides is 13. The minimum absolute atomic E-state index is 0.0439. The number of aromatic hydroxyl groups is 1. The molecule has 36 heteroatoms. The molecule has 1 aliphatic heterocycles. The van der Waals surface area contributed by atoms with Crippen molar-refractivity contribution in [1.29, 1.82) is 0 Å². The Morgan fingerprint density at radius 3 is 1.80 bits per heavy atom. The van der Waals surface area contributed by atoms with Crippen molar-refractivity contribution in [2.24, 2.45) is 35.1 Å². The maximum Gasteiger partial charge on any atom is 0.246 e. The first-order valence-electron chi connectivity index (χ1n) is 43.8. The summed E-state index contributed by atoms with van der Waals surface area (Å²) in [5.41, 5.74) is 14.8. The molecule has 36 nitrogen and oxygen atoms in total. The fourth-order valence-corrected chi connectivity index (χ4v) is 14.5. The molecule has 0 radical (unpaired) electrons. The fourth-order valence-electron chi connectivity index (χ4n) is 14.5. The molecular weight excluding hydrogens is 1640 g/mol. The second-order valence-electron chi connectivity index (χ2n) is 34.8. The number of allylic oxidation sites excluding steroid dienone is 2. The molecule has 0 saturated carbocycles. The number of para-hydroxylation sites is 1. The molecule has 5 rings (SSSR count). The van der Waals surface area contributed by atoms with Gasteiger partial charge in [-0.15, -0.1) is 0 Å². The van der Waals surface area contributed by atoms with E-state index in [9.17, 15) is 67.7 Å². The van der Waals surface area contributed by atoms with Gasteiger partial charge in [0, 0.05) is 56.3 Å². The van der Waals surface area contributed by atoms with Gasteiger partial charge in [-0.05, 0) is 166 Å². The van der Waals surface area contributed by atoms with Gasteiger partial charge in [0.05, 0.1) is 42.2 Å². The number of rotatable bonds is 34. The summed E-state index contributed by atoms with van der Waals surface area (Å²) in [5, 5.41) is 54.5. The van der Waals surface area contributed by atoms with Gasteiger partial charge in [0.2, 0.25) is 99.9 Å². The first-order chi connectivity index (χ1) is 59.8. The van der Waals surface area contributed by atoms with Crippen LogP contribution in [0.3, 0.4) is 0 Å². The van der Waals surface area contributed by atoms with E-state index in [0.717, 1.165) is 0 Å². The number of ketones is 4. The predicted octanol–water partition coefficient (Wildman–Crippen LogP) is 2.17. The number of aliphatic hydroxyl groups excluding tert-OH is 1. The molecule has 13 amide bonds. The highest BCUT2D eigenvalue weighted by Crippen LogP contribution is 2.25. The van der Waals surface area contributed by atoms with Crippen molar-refractivity contribution in [1.82, 2.24) is 79.6 Å². The number of phenolic OH excluding ortho intramolecular Hbond substituents is 1. The zero-order valence-corrected chi connectivity index (χ0v) is 75.8. The zero-order valence-electron chi connectivity index (χ0n) is 75.8. The zero-order chi connectivity index (χ0) is 94.7. The Labute approximate surface area is 742 Å². The van der Waals surface area contributed by atoms with Crippen molar-refractivity contribution in [2.45, 2.75) is 303 Å². The largest absolute Gasteiger partial charge is 0.508 e. The van der Waals surface area contributed by atoms with E-state index in [4.69, 9.17) is 11.5 Å². The third kappa shape index (κ3) is 34.2. The second-order valence-corrected chi connectivity index (χ2v) is 34.8. The Bertz CT molecular complexity index is 4500. The van der Waals surface area contributed by atoms with E-state index in [1.165, 1.54) is 86.6 Å². The third-order valence-electron chi connectivity index (χ3n) is 22.5. The van der Waals surface area contributed by atoms with Crippen LogP contribution in [0.2, 0.25) is 0 Å². The summed E-state index contributed by atoms with van der Waals surface area (Å²) in [6.07, 6.45) is 6.02. The number of nitrogens with one attached hydrogen (secondary N) is 15. The van der Waals surface area contributed by atoms with E-state index in [2.05, 4.69) is 79.6 Å². The quantitative estimate of drug-likeness (QED) is 0.0181. The third-order valence-corrected chi connectivity index (χ3v) is 22.5. The summed E-state index contributed by atoms with van der Waals surface area (Å²) in [6, 6.07) is 4.24. The standard InChI is InChI=1S/C91H135N17O19/c1-16-52(6)73(108-107-55(9)79(93)117)78(116)76(114)54(8)96-80(118)56(10)98-88(126)90(14)41-29-22-20-18-17-19-21-23-30-42-91(15,106-86(124)70(45-60-31-25-24-26-32-60)103-87(125)74(58(12)109)104-85(123)68(44-51(4)5)100-59(13)110)89(127)99-57(11)81(119)101-69(46-61-35-37-64(111)38-36-61)84(122)102-71(47-62-48-94-66-34-28-27-33-65(62)66)83(121)97-53(7)75(113)77(115)67(39-40-72(92)112)95-49-63(43-50(2)3)82(120)105-90/h18,20,24-28,31-38,48,50-58,63,67-71,73-74,94-95,107-109,111H,16-17,19,21-23,29-30,39-47,49H2,1-15H3,(H2,92,112)(H2,93,117)(H,96,118)(H,97,121)(H,98,126)(H,99,127)(H,100,110)(H,101,119)(H,102,122)(H,103,125)(H,104,123)(H,105,120)(H,106,124)/b20-18+/t52-,53?,54-,55+,56?,57?,58+,63+,67-,68-,69-,70-,71-,73-,74-,90-,91+/m0/s1. The average molecular weight is 1770 g/mol. The van der Waals surface area contributed by atoms with Crippen LogP contribution in [-0.4, -0.2) is 211 Å². The molecule has 0 bridgehead atoms. The number of benzene rings is 3. The van der Waals surface area contributed by atoms with Crippen molar-refractivity contribution < 1.29 is 91.7 Å². The number of fused-ring (bicyclic) bond motifs is 1. The molecule has 1 aromatic heterocycles. The van der Waals surface area contributed by atoms with E-state index in [1.54, 1.807) is 74.6 Å². The van der Waals surface area contributed by atoms with Gasteiger partial charge in [-0.25, -0.2) is 10.9 Å². The van der Waals surface area contributed by atoms with Crippen LogP contribution in [0.4, 0.5) is 0 Å². The van der Waals surface area contributed by atoms with E-state index < -0.39 is 208 Å². The highest BCUT2D eigenvalue weighted by atomic mass is 16.3. The Morgan fingerprint density at radius 2 is 1.18 bits per heavy atom. The number of H-pyrrole nitrogens is 1. The van der Waals surface area contributed by atoms with Gasteiger partial charge in [-0.1, -0.05) is 140 Å². The number of carbonyl (C=O) groups is 17. The molecule has 3 aromatic carbocycles. The number of aliphatic hydroxyl groups is 1. The minimum atomic E-state index is -1.91. The Balaban J connectivity index is 1.59. The van der Waals surface area contributed by atoms with Crippen LogP contribution in [0.25, 0.3) is 10.9 Å². The van der Waals surface area contributed by atoms with E-state index in [0.29, 0.717) is 66.1 Å². The van der Waals surface area contributed by atoms with Gasteiger partial charge < -0.3 is 90.5 Å². The molecule has 127 heavy (non-hydrogen) atoms. The predicted molar refractivity (Wildman–Crippen MR) is 476 cm³/mol. The topological polar surface area (TPSA) is 567 Å². The van der Waals surface area contributed by atoms with Crippen LogP contribution in [-0.2, 0) is 101 Å². The van der Waals surface area contributed by atoms with E-state index in [-0.39, 0.29) is 88.3 Å². The molecule has 1 aliphatic rings. The monoisotopic (exact) mass is 1770 g/mol. The van der Waals surface area contributed by atoms with Gasteiger partial charge >= 0.3 is 0 Å². The Kier molecular flexibility index (Phi) is 42.7. The summed E-state index contributed by atoms with van der Waals surface area (Å²) < 4.78 is 0. The number of hydrogen-bond donors (Lipinski definition) is 19. The molecule has 0 spiro atoms. The van der Waals surface area contributed by atoms with Gasteiger partial charge in [-0.3, -0.25) is 81.5 Å². The van der Waals surface area contributed by atoms with Gasteiger partial charge in [0.1, 0.15) is 59.1 Å². The second kappa shape index (κ2) is 51.2. The number of nitrogens with two attached hydrogens (primary N) is 2. The molecule has 0 aliphatic carbocycles. The number of phenols is 1. The normalized spacial score (nSPS) is 22.8. The number of hydrogen-bond acceptors (Lipinski definition) is 22. The van der Waals surface area contributed by atoms with Crippen molar-refractivity contribution in [3.05, 3.63) is 114 Å². The highest BCUT2D eigenvalue weighted by molar-refractivity contribution is 6.42. The molecule has 4 aromatic rings. The van der Waals surface area contributed by atoms with Crippen molar-refractivity contribution in [2.75, 3.05) is 6.54 Å². The number of hydrazine groups is 1. The van der Waals surface area contributed by atoms with Crippen LogP contribution in [0, 0.1) is 23.7 Å². The molecule has 17 atom stereocenters. The Morgan fingerprint density at radius 1 is 0.559 bits per heavy atom. The smallest absolute Gasteiger partial charge is 0.246 e. The summed E-state index contributed by atoms with van der Waals surface area (Å²) >= 11 is 0. The lowest BCUT2D eigenvalue weighted by atomic mass is 9.89. The van der Waals surface area contributed by atoms with Crippen LogP contribution in [0.5, 0.6) is 5.75 Å². The number of aromatic amines is 1. The first kappa shape index (κ1) is 106. The summed E-state index contributed by atoms with van der Waals surface area (Å²) in [7, 11) is 0. The van der Waals surface area contributed by atoms with Crippen LogP contribution in [0.15, 0.2) is 97.2 Å². The summed E-state index contributed by atoms with van der Waals surface area (Å²) in [5.74, 6) is -17.1. The van der Waals surface area contributed by atoms with Gasteiger partial charge in [0.25, 0.3) is 0 Å². The van der Waals surface area contributed by atoms with Crippen molar-refractivity contribution in [3.63, 3.8) is 0 Å². The molecule has 2 heterocycles. The molecule has 698 valence electrons. The lowest BCUT2D eigenvalue weighted by molar-refractivity contribution is -0.141. The maximum absolute atomic E-state index is 15.3. The van der Waals surface area contributed by atoms with E-state index in [1.807, 2.05) is 39.8 Å². The summed E-state index contributed by atoms with van der Waals surface area (Å²) in [4.78, 5) is 244. The van der Waals surface area contributed by atoms with Crippen molar-refractivity contribution >= 4 is 111 Å². The molecule has 21 N–H and O–H groups in total. The molecule has 3 unspecified atom stereocenters. The van der Waals surface area contributed by atoms with Gasteiger partial charge in [-0.2, -0.15) is 0 Å². The highest BCUT2D eigenvalue weighted by Gasteiger charge is 2.44. The maximum atomic E-state index is 15.3. The van der Waals surface area contributed by atoms with Crippen LogP contribution < -0.4 is 86.1 Å². The number of carbonyl (C=O) groups excluding carboxylic acids is 17. The average Bonchev–Trinajstić information content (AvgIpc) is 1.80. The molecule has 0 saturated heterocycles. The lowest BCUT2D eigenvalue weighted by Gasteiger charge is -2.33.